The van der Waals surface area contributed by atoms with Crippen LogP contribution in [0.15, 0.2) is 52.3 Å². The highest BCUT2D eigenvalue weighted by Gasteiger charge is 2.28. The molecule has 0 radical (unpaired) electrons. The molecule has 0 aromatic heterocycles. The van der Waals surface area contributed by atoms with Crippen LogP contribution in [0.2, 0.25) is 0 Å². The van der Waals surface area contributed by atoms with Crippen molar-refractivity contribution in [1.29, 1.82) is 0 Å². The van der Waals surface area contributed by atoms with Crippen molar-refractivity contribution in [1.82, 2.24) is 0 Å². The van der Waals surface area contributed by atoms with Crippen LogP contribution >= 0.6 is 28.5 Å². The van der Waals surface area contributed by atoms with Gasteiger partial charge in [0.25, 0.3) is 0 Å². The standard InChI is InChI=1S/C19H25O5PS3/c1-5-12-26-25(20,23-6-2)27-19-14-15(3)13-18(16(19)4)24-28(21,22)17-10-8-7-9-11-17/h7-11,13-14H,5-6,12H2,1-4H3. The SMILES string of the molecule is CCCSP(=O)(OCC)Sc1cc(C)cc(OS(=O)(=O)c2ccccc2)c1C. The van der Waals surface area contributed by atoms with E-state index in [4.69, 9.17) is 8.71 Å². The van der Waals surface area contributed by atoms with Gasteiger partial charge in [-0.2, -0.15) is 8.42 Å². The highest BCUT2D eigenvalue weighted by atomic mass is 33.1. The fourth-order valence-corrected chi connectivity index (χ4v) is 10.5. The first kappa shape index (κ1) is 23.4. The van der Waals surface area contributed by atoms with E-state index >= 15 is 0 Å². The molecule has 2 aromatic carbocycles. The molecule has 154 valence electrons. The molecule has 9 heteroatoms. The molecule has 1 unspecified atom stereocenters. The minimum Gasteiger partial charge on any atom is -0.379 e. The summed E-state index contributed by atoms with van der Waals surface area (Å²) in [4.78, 5) is 0.780. The van der Waals surface area contributed by atoms with Crippen molar-refractivity contribution in [3.05, 3.63) is 53.6 Å². The molecule has 28 heavy (non-hydrogen) atoms. The van der Waals surface area contributed by atoms with Gasteiger partial charge in [0.2, 0.25) is 0 Å². The van der Waals surface area contributed by atoms with Crippen LogP contribution in [0.3, 0.4) is 0 Å². The molecule has 0 saturated heterocycles. The van der Waals surface area contributed by atoms with Crippen LogP contribution in [0.25, 0.3) is 0 Å². The summed E-state index contributed by atoms with van der Waals surface area (Å²) in [5, 5.41) is 0. The van der Waals surface area contributed by atoms with E-state index in [0.717, 1.165) is 29.1 Å². The summed E-state index contributed by atoms with van der Waals surface area (Å²) >= 11 is 2.46. The Morgan fingerprint density at radius 3 is 2.36 bits per heavy atom. The largest absolute Gasteiger partial charge is 0.379 e. The Morgan fingerprint density at radius 1 is 1.07 bits per heavy atom. The van der Waals surface area contributed by atoms with Gasteiger partial charge in [0, 0.05) is 16.2 Å². The van der Waals surface area contributed by atoms with E-state index in [9.17, 15) is 13.0 Å². The van der Waals surface area contributed by atoms with E-state index in [0.29, 0.717) is 17.1 Å². The van der Waals surface area contributed by atoms with Crippen molar-refractivity contribution >= 4 is 38.7 Å². The van der Waals surface area contributed by atoms with Gasteiger partial charge < -0.3 is 8.71 Å². The molecule has 0 aliphatic carbocycles. The molecule has 0 heterocycles. The first-order chi connectivity index (χ1) is 13.2. The van der Waals surface area contributed by atoms with Crippen LogP contribution < -0.4 is 4.18 Å². The van der Waals surface area contributed by atoms with E-state index in [1.165, 1.54) is 23.5 Å². The molecule has 0 saturated carbocycles. The van der Waals surface area contributed by atoms with Crippen LogP contribution in [0, 0.1) is 13.8 Å². The minimum atomic E-state index is -3.95. The predicted octanol–water partition coefficient (Wildman–Crippen LogP) is 6.45. The fraction of sp³-hybridized carbons (Fsp3) is 0.368. The summed E-state index contributed by atoms with van der Waals surface area (Å²) in [5.41, 5.74) is 1.43. The molecule has 0 fully saturated rings. The minimum absolute atomic E-state index is 0.0867. The highest BCUT2D eigenvalue weighted by Crippen LogP contribution is 2.72. The first-order valence-electron chi connectivity index (χ1n) is 8.90. The maximum atomic E-state index is 13.2. The summed E-state index contributed by atoms with van der Waals surface area (Å²) in [6, 6.07) is 11.5. The van der Waals surface area contributed by atoms with Crippen LogP contribution in [0.5, 0.6) is 5.75 Å². The molecule has 0 aliphatic heterocycles. The van der Waals surface area contributed by atoms with Crippen LogP contribution in [0.1, 0.15) is 31.4 Å². The lowest BCUT2D eigenvalue weighted by Gasteiger charge is -2.19. The van der Waals surface area contributed by atoms with Gasteiger partial charge in [-0.15, -0.1) is 0 Å². The Balaban J connectivity index is 2.37. The van der Waals surface area contributed by atoms with Crippen molar-refractivity contribution in [2.24, 2.45) is 0 Å². The van der Waals surface area contributed by atoms with Crippen molar-refractivity contribution < 1.29 is 21.7 Å². The lowest BCUT2D eigenvalue weighted by atomic mass is 10.1. The van der Waals surface area contributed by atoms with E-state index in [2.05, 4.69) is 0 Å². The van der Waals surface area contributed by atoms with Gasteiger partial charge in [-0.25, -0.2) is 0 Å². The van der Waals surface area contributed by atoms with E-state index < -0.39 is 15.9 Å². The van der Waals surface area contributed by atoms with Gasteiger partial charge in [0.1, 0.15) is 10.6 Å². The zero-order valence-electron chi connectivity index (χ0n) is 16.4. The Labute approximate surface area is 175 Å². The van der Waals surface area contributed by atoms with Crippen molar-refractivity contribution in [2.75, 3.05) is 12.4 Å². The van der Waals surface area contributed by atoms with Gasteiger partial charge in [-0.05, 0) is 68.4 Å². The summed E-state index contributed by atoms with van der Waals surface area (Å²) in [6.45, 7) is 7.78. The lowest BCUT2D eigenvalue weighted by Crippen LogP contribution is -2.10. The van der Waals surface area contributed by atoms with Crippen LogP contribution in [-0.4, -0.2) is 20.8 Å². The molecule has 0 aliphatic rings. The summed E-state index contributed by atoms with van der Waals surface area (Å²) < 4.78 is 49.3. The van der Waals surface area contributed by atoms with Gasteiger partial charge >= 0.3 is 15.9 Å². The molecule has 2 aromatic rings. The molecule has 1 atom stereocenters. The van der Waals surface area contributed by atoms with E-state index in [-0.39, 0.29) is 10.6 Å². The quantitative estimate of drug-likeness (QED) is 0.298. The number of hydrogen-bond donors (Lipinski definition) is 0. The number of hydrogen-bond acceptors (Lipinski definition) is 7. The molecule has 0 spiro atoms. The van der Waals surface area contributed by atoms with Crippen molar-refractivity contribution in [2.45, 2.75) is 43.9 Å². The predicted molar refractivity (Wildman–Crippen MR) is 118 cm³/mol. The third kappa shape index (κ3) is 6.29. The molecular weight excluding hydrogens is 435 g/mol. The molecule has 0 N–H and O–H groups in total. The molecule has 0 amide bonds. The second kappa shape index (κ2) is 10.2. The fourth-order valence-electron chi connectivity index (χ4n) is 2.30. The van der Waals surface area contributed by atoms with Gasteiger partial charge in [-0.3, -0.25) is 4.57 Å². The highest BCUT2D eigenvalue weighted by molar-refractivity contribution is 8.89. The van der Waals surface area contributed by atoms with E-state index in [1.807, 2.05) is 26.8 Å². The summed E-state index contributed by atoms with van der Waals surface area (Å²) in [5.74, 6) is -2.05. The zero-order chi connectivity index (χ0) is 20.8. The smallest absolute Gasteiger partial charge is 0.339 e. The van der Waals surface area contributed by atoms with Crippen molar-refractivity contribution in [3.8, 4) is 5.75 Å². The van der Waals surface area contributed by atoms with Gasteiger partial charge in [-0.1, -0.05) is 36.5 Å². The maximum absolute atomic E-state index is 13.2. The Kier molecular flexibility index (Phi) is 8.52. The Morgan fingerprint density at radius 2 is 1.75 bits per heavy atom. The number of benzene rings is 2. The monoisotopic (exact) mass is 460 g/mol. The van der Waals surface area contributed by atoms with E-state index in [1.54, 1.807) is 31.2 Å². The Bertz CT molecular complexity index is 946. The Hall–Kier alpha value is -0.920. The molecule has 0 bridgehead atoms. The maximum Gasteiger partial charge on any atom is 0.339 e. The molecule has 5 nitrogen and oxygen atoms in total. The second-order valence-corrected chi connectivity index (χ2v) is 14.9. The second-order valence-electron chi connectivity index (χ2n) is 6.03. The molecular formula is C19H25O5PS3. The van der Waals surface area contributed by atoms with Crippen LogP contribution in [-0.2, 0) is 19.2 Å². The van der Waals surface area contributed by atoms with Gasteiger partial charge in [0.05, 0.1) is 6.61 Å². The molecule has 2 rings (SSSR count). The lowest BCUT2D eigenvalue weighted by molar-refractivity contribution is 0.357. The normalized spacial score (nSPS) is 13.9. The topological polar surface area (TPSA) is 69.7 Å². The third-order valence-corrected chi connectivity index (χ3v) is 12.2. The first-order valence-corrected chi connectivity index (χ1v) is 14.9. The average molecular weight is 461 g/mol. The zero-order valence-corrected chi connectivity index (χ0v) is 19.7. The summed E-state index contributed by atoms with van der Waals surface area (Å²) in [7, 11) is -3.95. The van der Waals surface area contributed by atoms with Crippen molar-refractivity contribution in [3.63, 3.8) is 0 Å². The average Bonchev–Trinajstić information content (AvgIpc) is 2.64. The third-order valence-electron chi connectivity index (χ3n) is 3.64. The number of rotatable bonds is 10. The van der Waals surface area contributed by atoms with Gasteiger partial charge in [0.15, 0.2) is 0 Å². The van der Waals surface area contributed by atoms with Crippen LogP contribution in [0.4, 0.5) is 0 Å². The number of aryl methyl sites for hydroxylation is 1. The summed E-state index contributed by atoms with van der Waals surface area (Å²) in [6.07, 6.45) is 0.888.